The molecule has 0 spiro atoms. The monoisotopic (exact) mass is 212 g/mol. The molecule has 0 atom stereocenters. The zero-order valence-corrected chi connectivity index (χ0v) is 8.67. The fourth-order valence-electron chi connectivity index (χ4n) is 0.906. The van der Waals surface area contributed by atoms with Crippen molar-refractivity contribution in [1.82, 2.24) is 10.3 Å². The molecule has 1 aromatic rings. The molecule has 0 amide bonds. The summed E-state index contributed by atoms with van der Waals surface area (Å²) >= 11 is 1.60. The van der Waals surface area contributed by atoms with Crippen molar-refractivity contribution in [3.63, 3.8) is 0 Å². The van der Waals surface area contributed by atoms with Crippen LogP contribution in [0, 0.1) is 6.92 Å². The van der Waals surface area contributed by atoms with Crippen LogP contribution in [0.1, 0.15) is 10.7 Å². The molecule has 0 saturated carbocycles. The summed E-state index contributed by atoms with van der Waals surface area (Å²) in [5.41, 5.74) is 1.02. The number of thiazole rings is 1. The second kappa shape index (κ2) is 5.51. The first kappa shape index (κ1) is 10.9. The highest BCUT2D eigenvalue weighted by molar-refractivity contribution is 7.09. The molecule has 0 saturated heterocycles. The second-order valence-corrected chi connectivity index (χ2v) is 3.70. The maximum atomic E-state index is 10.1. The van der Waals surface area contributed by atoms with E-state index in [2.05, 4.69) is 10.3 Å². The minimum Gasteiger partial charge on any atom is -0.478 e. The summed E-state index contributed by atoms with van der Waals surface area (Å²) in [5, 5.41) is 14.4. The van der Waals surface area contributed by atoms with Gasteiger partial charge in [-0.05, 0) is 6.92 Å². The van der Waals surface area contributed by atoms with Crippen LogP contribution in [0.15, 0.2) is 17.5 Å². The van der Waals surface area contributed by atoms with Gasteiger partial charge in [-0.1, -0.05) is 6.08 Å². The van der Waals surface area contributed by atoms with Crippen LogP contribution in [0.2, 0.25) is 0 Å². The Morgan fingerprint density at radius 2 is 2.57 bits per heavy atom. The summed E-state index contributed by atoms with van der Waals surface area (Å²) in [6.45, 7) is 3.18. The van der Waals surface area contributed by atoms with E-state index in [1.54, 1.807) is 17.4 Å². The molecule has 0 aromatic carbocycles. The topological polar surface area (TPSA) is 62.2 Å². The molecular formula is C9H12N2O2S. The van der Waals surface area contributed by atoms with E-state index in [4.69, 9.17) is 5.11 Å². The number of hydrogen-bond acceptors (Lipinski definition) is 4. The highest BCUT2D eigenvalue weighted by atomic mass is 32.1. The average Bonchev–Trinajstić information content (AvgIpc) is 2.50. The Balaban J connectivity index is 2.19. The summed E-state index contributed by atoms with van der Waals surface area (Å²) in [4.78, 5) is 14.4. The molecular weight excluding hydrogens is 200 g/mol. The number of carboxylic acid groups (broad SMARTS) is 1. The van der Waals surface area contributed by atoms with Crippen LogP contribution in [0.4, 0.5) is 0 Å². The third-order valence-electron chi connectivity index (χ3n) is 1.47. The predicted octanol–water partition coefficient (Wildman–Crippen LogP) is 1.18. The van der Waals surface area contributed by atoms with Gasteiger partial charge in [-0.25, -0.2) is 9.78 Å². The lowest BCUT2D eigenvalue weighted by atomic mass is 10.5. The third-order valence-corrected chi connectivity index (χ3v) is 2.43. The number of aliphatic carboxylic acids is 1. The van der Waals surface area contributed by atoms with Crippen molar-refractivity contribution in [3.8, 4) is 0 Å². The fourth-order valence-corrected chi connectivity index (χ4v) is 1.65. The molecule has 5 heteroatoms. The summed E-state index contributed by atoms with van der Waals surface area (Å²) in [7, 11) is 0. The Labute approximate surface area is 86.3 Å². The molecule has 0 aliphatic rings. The number of aromatic nitrogens is 1. The molecule has 0 radical (unpaired) electrons. The van der Waals surface area contributed by atoms with Crippen molar-refractivity contribution < 1.29 is 9.90 Å². The lowest BCUT2D eigenvalue weighted by Gasteiger charge is -1.95. The number of nitrogens with one attached hydrogen (secondary N) is 1. The number of rotatable bonds is 5. The standard InChI is InChI=1S/C9H12N2O2S/c1-7-6-14-8(11-7)5-10-4-2-3-9(12)13/h2-3,6,10H,4-5H2,1H3,(H,12,13)/b3-2+. The van der Waals surface area contributed by atoms with Gasteiger partial charge in [0.25, 0.3) is 0 Å². The summed E-state index contributed by atoms with van der Waals surface area (Å²) in [6, 6.07) is 0. The van der Waals surface area contributed by atoms with E-state index in [0.717, 1.165) is 16.8 Å². The predicted molar refractivity (Wildman–Crippen MR) is 55.3 cm³/mol. The molecule has 0 bridgehead atoms. The quantitative estimate of drug-likeness (QED) is 0.568. The minimum atomic E-state index is -0.920. The van der Waals surface area contributed by atoms with Gasteiger partial charge in [0.15, 0.2) is 0 Å². The molecule has 76 valence electrons. The van der Waals surface area contributed by atoms with Gasteiger partial charge in [-0.3, -0.25) is 0 Å². The number of carbonyl (C=O) groups is 1. The highest BCUT2D eigenvalue weighted by Gasteiger charge is 1.95. The van der Waals surface area contributed by atoms with E-state index in [1.165, 1.54) is 0 Å². The Hall–Kier alpha value is -1.20. The van der Waals surface area contributed by atoms with Crippen LogP contribution < -0.4 is 5.32 Å². The van der Waals surface area contributed by atoms with E-state index in [-0.39, 0.29) is 0 Å². The maximum Gasteiger partial charge on any atom is 0.328 e. The zero-order chi connectivity index (χ0) is 10.4. The van der Waals surface area contributed by atoms with E-state index in [1.807, 2.05) is 12.3 Å². The molecule has 0 aliphatic heterocycles. The number of aryl methyl sites for hydroxylation is 1. The lowest BCUT2D eigenvalue weighted by molar-refractivity contribution is -0.131. The van der Waals surface area contributed by atoms with E-state index in [0.29, 0.717) is 13.1 Å². The van der Waals surface area contributed by atoms with Crippen molar-refractivity contribution in [2.45, 2.75) is 13.5 Å². The second-order valence-electron chi connectivity index (χ2n) is 2.75. The summed E-state index contributed by atoms with van der Waals surface area (Å²) in [5.74, 6) is -0.920. The average molecular weight is 212 g/mol. The van der Waals surface area contributed by atoms with Crippen molar-refractivity contribution in [3.05, 3.63) is 28.2 Å². The summed E-state index contributed by atoms with van der Waals surface area (Å²) in [6.07, 6.45) is 2.70. The van der Waals surface area contributed by atoms with Gasteiger partial charge in [0.1, 0.15) is 5.01 Å². The van der Waals surface area contributed by atoms with Gasteiger partial charge >= 0.3 is 5.97 Å². The van der Waals surface area contributed by atoms with Gasteiger partial charge in [0, 0.05) is 30.2 Å². The number of hydrogen-bond donors (Lipinski definition) is 2. The largest absolute Gasteiger partial charge is 0.478 e. The molecule has 0 fully saturated rings. The van der Waals surface area contributed by atoms with Crippen LogP contribution in [-0.2, 0) is 11.3 Å². The van der Waals surface area contributed by atoms with Gasteiger partial charge in [-0.15, -0.1) is 11.3 Å². The van der Waals surface area contributed by atoms with Crippen molar-refractivity contribution >= 4 is 17.3 Å². The Morgan fingerprint density at radius 1 is 1.79 bits per heavy atom. The van der Waals surface area contributed by atoms with E-state index < -0.39 is 5.97 Å². The van der Waals surface area contributed by atoms with Crippen LogP contribution in [0.5, 0.6) is 0 Å². The van der Waals surface area contributed by atoms with E-state index >= 15 is 0 Å². The Bertz CT molecular complexity index is 333. The number of carboxylic acids is 1. The van der Waals surface area contributed by atoms with Gasteiger partial charge in [0.05, 0.1) is 0 Å². The van der Waals surface area contributed by atoms with Gasteiger partial charge in [-0.2, -0.15) is 0 Å². The molecule has 1 rings (SSSR count). The third kappa shape index (κ3) is 4.15. The first-order chi connectivity index (χ1) is 6.68. The minimum absolute atomic E-state index is 0.547. The van der Waals surface area contributed by atoms with Gasteiger partial charge in [0.2, 0.25) is 0 Å². The lowest BCUT2D eigenvalue weighted by Crippen LogP contribution is -2.12. The molecule has 4 nitrogen and oxygen atoms in total. The first-order valence-electron chi connectivity index (χ1n) is 4.19. The molecule has 0 aliphatic carbocycles. The maximum absolute atomic E-state index is 10.1. The van der Waals surface area contributed by atoms with Gasteiger partial charge < -0.3 is 10.4 Å². The molecule has 1 heterocycles. The normalized spacial score (nSPS) is 10.9. The first-order valence-corrected chi connectivity index (χ1v) is 5.07. The highest BCUT2D eigenvalue weighted by Crippen LogP contribution is 2.07. The van der Waals surface area contributed by atoms with Crippen LogP contribution in [0.3, 0.4) is 0 Å². The SMILES string of the molecule is Cc1csc(CNC/C=C/C(=O)O)n1. The van der Waals surface area contributed by atoms with Crippen molar-refractivity contribution in [1.29, 1.82) is 0 Å². The summed E-state index contributed by atoms with van der Waals surface area (Å²) < 4.78 is 0. The van der Waals surface area contributed by atoms with Crippen LogP contribution in [0.25, 0.3) is 0 Å². The van der Waals surface area contributed by atoms with Crippen LogP contribution >= 0.6 is 11.3 Å². The zero-order valence-electron chi connectivity index (χ0n) is 7.86. The number of nitrogens with zero attached hydrogens (tertiary/aromatic N) is 1. The van der Waals surface area contributed by atoms with Crippen LogP contribution in [-0.4, -0.2) is 22.6 Å². The molecule has 2 N–H and O–H groups in total. The Kier molecular flexibility index (Phi) is 4.28. The smallest absolute Gasteiger partial charge is 0.328 e. The molecule has 0 unspecified atom stereocenters. The molecule has 1 aromatic heterocycles. The fraction of sp³-hybridized carbons (Fsp3) is 0.333. The van der Waals surface area contributed by atoms with E-state index in [9.17, 15) is 4.79 Å². The Morgan fingerprint density at radius 3 is 3.14 bits per heavy atom. The van der Waals surface area contributed by atoms with Crippen molar-refractivity contribution in [2.75, 3.05) is 6.54 Å². The molecule has 14 heavy (non-hydrogen) atoms. The van der Waals surface area contributed by atoms with Crippen molar-refractivity contribution in [2.24, 2.45) is 0 Å².